The van der Waals surface area contributed by atoms with E-state index in [2.05, 4.69) is 10.2 Å². The lowest BCUT2D eigenvalue weighted by Gasteiger charge is -2.27. The molecule has 2 heterocycles. The van der Waals surface area contributed by atoms with Crippen molar-refractivity contribution in [3.63, 3.8) is 0 Å². The lowest BCUT2D eigenvalue weighted by atomic mass is 10.2. The number of hydrogen-bond acceptors (Lipinski definition) is 6. The first-order chi connectivity index (χ1) is 10.00. The summed E-state index contributed by atoms with van der Waals surface area (Å²) in [6.45, 7) is 4.23. The second-order valence-electron chi connectivity index (χ2n) is 5.77. The third-order valence-corrected chi connectivity index (χ3v) is 5.82. The fourth-order valence-electron chi connectivity index (χ4n) is 2.92. The van der Waals surface area contributed by atoms with Crippen molar-refractivity contribution in [2.45, 2.75) is 18.9 Å². The van der Waals surface area contributed by atoms with E-state index in [1.165, 1.54) is 0 Å². The molecule has 2 aliphatic rings. The van der Waals surface area contributed by atoms with E-state index in [1.807, 2.05) is 4.90 Å². The van der Waals surface area contributed by atoms with Crippen molar-refractivity contribution in [2.75, 3.05) is 57.4 Å². The zero-order valence-corrected chi connectivity index (χ0v) is 13.1. The van der Waals surface area contributed by atoms with E-state index in [9.17, 15) is 13.2 Å². The Bertz CT molecular complexity index is 454. The van der Waals surface area contributed by atoms with E-state index >= 15 is 0 Å². The van der Waals surface area contributed by atoms with Gasteiger partial charge in [-0.05, 0) is 13.0 Å². The summed E-state index contributed by atoms with van der Waals surface area (Å²) in [5.41, 5.74) is 0. The van der Waals surface area contributed by atoms with Crippen LogP contribution in [-0.4, -0.2) is 92.7 Å². The Kier molecular flexibility index (Phi) is 5.98. The van der Waals surface area contributed by atoms with Crippen LogP contribution in [0.1, 0.15) is 12.8 Å². The van der Waals surface area contributed by atoms with Crippen molar-refractivity contribution in [3.8, 4) is 0 Å². The Hall–Kier alpha value is -0.700. The molecule has 0 radical (unpaired) electrons. The SMILES string of the molecule is O=C(CC1CS(=O)(=O)CCN1)N1CCCN(CCO)CC1. The van der Waals surface area contributed by atoms with Gasteiger partial charge in [0.2, 0.25) is 5.91 Å². The average Bonchev–Trinajstić information content (AvgIpc) is 2.63. The number of hydrogen-bond donors (Lipinski definition) is 2. The van der Waals surface area contributed by atoms with Gasteiger partial charge in [0.25, 0.3) is 0 Å². The number of nitrogens with zero attached hydrogens (tertiary/aromatic N) is 2. The number of carbonyl (C=O) groups excluding carboxylic acids is 1. The van der Waals surface area contributed by atoms with Crippen molar-refractivity contribution in [2.24, 2.45) is 0 Å². The van der Waals surface area contributed by atoms with Gasteiger partial charge in [0.1, 0.15) is 0 Å². The van der Waals surface area contributed by atoms with Gasteiger partial charge >= 0.3 is 0 Å². The van der Waals surface area contributed by atoms with Crippen LogP contribution in [0.3, 0.4) is 0 Å². The van der Waals surface area contributed by atoms with Crippen LogP contribution in [0, 0.1) is 0 Å². The highest BCUT2D eigenvalue weighted by Gasteiger charge is 2.28. The number of amides is 1. The highest BCUT2D eigenvalue weighted by Crippen LogP contribution is 2.10. The Morgan fingerprint density at radius 3 is 2.76 bits per heavy atom. The molecule has 8 heteroatoms. The summed E-state index contributed by atoms with van der Waals surface area (Å²) >= 11 is 0. The second-order valence-corrected chi connectivity index (χ2v) is 8.00. The largest absolute Gasteiger partial charge is 0.395 e. The number of carbonyl (C=O) groups is 1. The lowest BCUT2D eigenvalue weighted by molar-refractivity contribution is -0.131. The smallest absolute Gasteiger partial charge is 0.224 e. The van der Waals surface area contributed by atoms with Gasteiger partial charge in [0.05, 0.1) is 18.1 Å². The Balaban J connectivity index is 1.83. The van der Waals surface area contributed by atoms with Crippen LogP contribution >= 0.6 is 0 Å². The summed E-state index contributed by atoms with van der Waals surface area (Å²) < 4.78 is 23.2. The number of rotatable bonds is 4. The molecule has 2 aliphatic heterocycles. The maximum atomic E-state index is 12.3. The van der Waals surface area contributed by atoms with Crippen LogP contribution in [0.25, 0.3) is 0 Å². The summed E-state index contributed by atoms with van der Waals surface area (Å²) in [4.78, 5) is 16.3. The zero-order chi connectivity index (χ0) is 15.3. The molecule has 1 atom stereocenters. The predicted octanol–water partition coefficient (Wildman–Crippen LogP) is -1.71. The quantitative estimate of drug-likeness (QED) is 0.641. The van der Waals surface area contributed by atoms with E-state index in [0.717, 1.165) is 19.5 Å². The Morgan fingerprint density at radius 1 is 1.24 bits per heavy atom. The standard InChI is InChI=1S/C13H25N3O4S/c17-8-7-15-3-1-4-16(6-5-15)13(18)10-12-11-21(19,20)9-2-14-12/h12,14,17H,1-11H2. The van der Waals surface area contributed by atoms with E-state index in [-0.39, 0.29) is 36.5 Å². The monoisotopic (exact) mass is 319 g/mol. The van der Waals surface area contributed by atoms with Crippen molar-refractivity contribution >= 4 is 15.7 Å². The molecular weight excluding hydrogens is 294 g/mol. The molecule has 0 aliphatic carbocycles. The van der Waals surface area contributed by atoms with Crippen LogP contribution in [0.4, 0.5) is 0 Å². The summed E-state index contributed by atoms with van der Waals surface area (Å²) in [6.07, 6.45) is 1.14. The molecule has 0 spiro atoms. The third kappa shape index (κ3) is 5.21. The number of sulfone groups is 1. The first kappa shape index (κ1) is 16.7. The van der Waals surface area contributed by atoms with Crippen molar-refractivity contribution in [1.29, 1.82) is 0 Å². The van der Waals surface area contributed by atoms with Crippen molar-refractivity contribution in [1.82, 2.24) is 15.1 Å². The summed E-state index contributed by atoms with van der Waals surface area (Å²) in [5, 5.41) is 12.1. The molecule has 2 fully saturated rings. The van der Waals surface area contributed by atoms with E-state index in [4.69, 9.17) is 5.11 Å². The molecular formula is C13H25N3O4S. The van der Waals surface area contributed by atoms with Crippen LogP contribution in [0.2, 0.25) is 0 Å². The molecule has 2 N–H and O–H groups in total. The first-order valence-electron chi connectivity index (χ1n) is 7.55. The Morgan fingerprint density at radius 2 is 2.05 bits per heavy atom. The molecule has 0 saturated carbocycles. The van der Waals surface area contributed by atoms with Gasteiger partial charge in [-0.3, -0.25) is 9.69 Å². The van der Waals surface area contributed by atoms with Gasteiger partial charge in [-0.1, -0.05) is 0 Å². The Labute approximate surface area is 126 Å². The minimum absolute atomic E-state index is 0.0236. The van der Waals surface area contributed by atoms with Gasteiger partial charge in [0, 0.05) is 45.2 Å². The van der Waals surface area contributed by atoms with E-state index in [1.54, 1.807) is 0 Å². The minimum atomic E-state index is -3.00. The molecule has 2 saturated heterocycles. The maximum absolute atomic E-state index is 12.3. The number of aliphatic hydroxyl groups excluding tert-OH is 1. The molecule has 7 nitrogen and oxygen atoms in total. The zero-order valence-electron chi connectivity index (χ0n) is 12.3. The normalized spacial score (nSPS) is 27.3. The highest BCUT2D eigenvalue weighted by molar-refractivity contribution is 7.91. The fourth-order valence-corrected chi connectivity index (χ4v) is 4.37. The number of β-amino-alcohol motifs (C(OH)–C–C–N with tert-alkyl or cyclic N) is 1. The predicted molar refractivity (Wildman–Crippen MR) is 79.8 cm³/mol. The molecule has 0 aromatic heterocycles. The second kappa shape index (κ2) is 7.53. The average molecular weight is 319 g/mol. The van der Waals surface area contributed by atoms with Crippen LogP contribution in [-0.2, 0) is 14.6 Å². The third-order valence-electron chi connectivity index (χ3n) is 4.08. The molecule has 0 bridgehead atoms. The van der Waals surface area contributed by atoms with E-state index < -0.39 is 9.84 Å². The van der Waals surface area contributed by atoms with Crippen molar-refractivity contribution < 1.29 is 18.3 Å². The maximum Gasteiger partial charge on any atom is 0.224 e. The minimum Gasteiger partial charge on any atom is -0.395 e. The fraction of sp³-hybridized carbons (Fsp3) is 0.923. The van der Waals surface area contributed by atoms with Crippen LogP contribution in [0.15, 0.2) is 0 Å². The van der Waals surface area contributed by atoms with Gasteiger partial charge < -0.3 is 15.3 Å². The van der Waals surface area contributed by atoms with Crippen LogP contribution in [0.5, 0.6) is 0 Å². The van der Waals surface area contributed by atoms with Gasteiger partial charge in [0.15, 0.2) is 9.84 Å². The highest BCUT2D eigenvalue weighted by atomic mass is 32.2. The molecule has 21 heavy (non-hydrogen) atoms. The first-order valence-corrected chi connectivity index (χ1v) is 9.37. The van der Waals surface area contributed by atoms with E-state index in [0.29, 0.717) is 26.2 Å². The topological polar surface area (TPSA) is 90.0 Å². The number of aliphatic hydroxyl groups is 1. The molecule has 122 valence electrons. The molecule has 0 aromatic rings. The van der Waals surface area contributed by atoms with Crippen LogP contribution < -0.4 is 5.32 Å². The van der Waals surface area contributed by atoms with Gasteiger partial charge in [-0.15, -0.1) is 0 Å². The van der Waals surface area contributed by atoms with Gasteiger partial charge in [-0.2, -0.15) is 0 Å². The summed E-state index contributed by atoms with van der Waals surface area (Å²) in [5.74, 6) is 0.247. The molecule has 1 amide bonds. The lowest BCUT2D eigenvalue weighted by Crippen LogP contribution is -2.48. The van der Waals surface area contributed by atoms with Gasteiger partial charge in [-0.25, -0.2) is 8.42 Å². The summed E-state index contributed by atoms with van der Waals surface area (Å²) in [6, 6.07) is -0.256. The molecule has 2 rings (SSSR count). The summed E-state index contributed by atoms with van der Waals surface area (Å²) in [7, 11) is -3.00. The number of nitrogens with one attached hydrogen (secondary N) is 1. The molecule has 1 unspecified atom stereocenters. The molecule has 0 aromatic carbocycles. The van der Waals surface area contributed by atoms with Crippen molar-refractivity contribution in [3.05, 3.63) is 0 Å².